The smallest absolute Gasteiger partial charge is 0.109 e. The van der Waals surface area contributed by atoms with Crippen LogP contribution in [0.15, 0.2) is 0 Å². The molecule has 15 heavy (non-hydrogen) atoms. The van der Waals surface area contributed by atoms with Crippen LogP contribution in [0.4, 0.5) is 0 Å². The third-order valence-electron chi connectivity index (χ3n) is 2.07. The van der Waals surface area contributed by atoms with Crippen LogP contribution in [-0.2, 0) is 18.9 Å². The highest BCUT2D eigenvalue weighted by molar-refractivity contribution is 4.70. The van der Waals surface area contributed by atoms with E-state index in [9.17, 15) is 0 Å². The first-order valence-electron chi connectivity index (χ1n) is 5.59. The summed E-state index contributed by atoms with van der Waals surface area (Å²) in [5.74, 6) is 0. The second-order valence-electron chi connectivity index (χ2n) is 3.09. The number of hydrogen-bond donors (Lipinski definition) is 0. The van der Waals surface area contributed by atoms with E-state index in [4.69, 9.17) is 18.9 Å². The van der Waals surface area contributed by atoms with Gasteiger partial charge >= 0.3 is 0 Å². The average Bonchev–Trinajstić information content (AvgIpc) is 2.26. The highest BCUT2D eigenvalue weighted by atomic mass is 16.6. The van der Waals surface area contributed by atoms with E-state index in [1.807, 2.05) is 20.8 Å². The van der Waals surface area contributed by atoms with Gasteiger partial charge in [-0.2, -0.15) is 0 Å². The van der Waals surface area contributed by atoms with Crippen LogP contribution in [0.1, 0.15) is 20.8 Å². The normalized spacial score (nSPS) is 15.2. The third-order valence-corrected chi connectivity index (χ3v) is 2.07. The first-order chi connectivity index (χ1) is 7.29. The van der Waals surface area contributed by atoms with Crippen LogP contribution < -0.4 is 0 Å². The molecule has 0 fully saturated rings. The molecule has 0 spiro atoms. The van der Waals surface area contributed by atoms with Crippen molar-refractivity contribution in [1.29, 1.82) is 0 Å². The van der Waals surface area contributed by atoms with E-state index < -0.39 is 0 Å². The standard InChI is InChI=1S/C11H24O4/c1-5-13-8-10(12-4)11(15-7-3)9-14-6-2/h10-11H,5-9H2,1-4H3. The van der Waals surface area contributed by atoms with E-state index >= 15 is 0 Å². The summed E-state index contributed by atoms with van der Waals surface area (Å²) in [4.78, 5) is 0. The zero-order valence-corrected chi connectivity index (χ0v) is 10.3. The fourth-order valence-corrected chi connectivity index (χ4v) is 1.27. The number of methoxy groups -OCH3 is 1. The fraction of sp³-hybridized carbons (Fsp3) is 1.00. The second-order valence-corrected chi connectivity index (χ2v) is 3.09. The maximum absolute atomic E-state index is 5.56. The Labute approximate surface area is 92.8 Å². The Kier molecular flexibility index (Phi) is 10.3. The van der Waals surface area contributed by atoms with Gasteiger partial charge in [-0.1, -0.05) is 0 Å². The molecule has 92 valence electrons. The van der Waals surface area contributed by atoms with Gasteiger partial charge in [0.25, 0.3) is 0 Å². The summed E-state index contributed by atoms with van der Waals surface area (Å²) in [6, 6.07) is 0. The van der Waals surface area contributed by atoms with Gasteiger partial charge < -0.3 is 18.9 Å². The summed E-state index contributed by atoms with van der Waals surface area (Å²) in [5, 5.41) is 0. The molecule has 2 unspecified atom stereocenters. The van der Waals surface area contributed by atoms with Gasteiger partial charge in [0.05, 0.1) is 13.2 Å². The lowest BCUT2D eigenvalue weighted by Crippen LogP contribution is -2.38. The average molecular weight is 220 g/mol. The molecule has 0 rings (SSSR count). The molecular weight excluding hydrogens is 196 g/mol. The largest absolute Gasteiger partial charge is 0.379 e. The summed E-state index contributed by atoms with van der Waals surface area (Å²) in [5.41, 5.74) is 0. The molecule has 2 atom stereocenters. The molecule has 0 saturated heterocycles. The first-order valence-corrected chi connectivity index (χ1v) is 5.59. The van der Waals surface area contributed by atoms with Crippen LogP contribution in [-0.4, -0.2) is 52.4 Å². The SMILES string of the molecule is CCOCC(OC)C(COCC)OCC. The molecule has 0 N–H and O–H groups in total. The van der Waals surface area contributed by atoms with Crippen LogP contribution in [0, 0.1) is 0 Å². The van der Waals surface area contributed by atoms with Crippen molar-refractivity contribution < 1.29 is 18.9 Å². The zero-order valence-electron chi connectivity index (χ0n) is 10.3. The molecule has 0 radical (unpaired) electrons. The lowest BCUT2D eigenvalue weighted by atomic mass is 10.2. The molecule has 0 aromatic heterocycles. The second kappa shape index (κ2) is 10.4. The maximum atomic E-state index is 5.56. The number of rotatable bonds is 10. The molecule has 4 heteroatoms. The van der Waals surface area contributed by atoms with E-state index in [0.29, 0.717) is 33.0 Å². The number of ether oxygens (including phenoxy) is 4. The van der Waals surface area contributed by atoms with E-state index in [1.165, 1.54) is 0 Å². The van der Waals surface area contributed by atoms with Crippen LogP contribution >= 0.6 is 0 Å². The molecule has 0 heterocycles. The molecule has 0 bridgehead atoms. The Bertz CT molecular complexity index is 130. The van der Waals surface area contributed by atoms with Gasteiger partial charge in [0, 0.05) is 26.9 Å². The van der Waals surface area contributed by atoms with Crippen LogP contribution in [0.5, 0.6) is 0 Å². The molecule has 0 aliphatic carbocycles. The third kappa shape index (κ3) is 6.84. The Morgan fingerprint density at radius 2 is 1.33 bits per heavy atom. The van der Waals surface area contributed by atoms with E-state index in [0.717, 1.165) is 0 Å². The molecule has 0 saturated carbocycles. The van der Waals surface area contributed by atoms with Crippen molar-refractivity contribution in [3.05, 3.63) is 0 Å². The minimum Gasteiger partial charge on any atom is -0.379 e. The summed E-state index contributed by atoms with van der Waals surface area (Å²) >= 11 is 0. The van der Waals surface area contributed by atoms with Crippen molar-refractivity contribution in [2.45, 2.75) is 33.0 Å². The Balaban J connectivity index is 4.00. The van der Waals surface area contributed by atoms with Gasteiger partial charge in [-0.05, 0) is 20.8 Å². The molecular formula is C11H24O4. The van der Waals surface area contributed by atoms with Gasteiger partial charge in [-0.25, -0.2) is 0 Å². The van der Waals surface area contributed by atoms with Crippen LogP contribution in [0.2, 0.25) is 0 Å². The Hall–Kier alpha value is -0.160. The topological polar surface area (TPSA) is 36.9 Å². The molecule has 0 amide bonds. The molecule has 0 aliphatic heterocycles. The van der Waals surface area contributed by atoms with Gasteiger partial charge in [0.2, 0.25) is 0 Å². The van der Waals surface area contributed by atoms with E-state index in [1.54, 1.807) is 7.11 Å². The van der Waals surface area contributed by atoms with Crippen molar-refractivity contribution in [2.75, 3.05) is 40.1 Å². The summed E-state index contributed by atoms with van der Waals surface area (Å²) in [6.45, 7) is 9.02. The Morgan fingerprint density at radius 1 is 0.800 bits per heavy atom. The lowest BCUT2D eigenvalue weighted by molar-refractivity contribution is -0.111. The zero-order chi connectivity index (χ0) is 11.5. The monoisotopic (exact) mass is 220 g/mol. The first kappa shape index (κ1) is 14.8. The van der Waals surface area contributed by atoms with Gasteiger partial charge in [0.15, 0.2) is 0 Å². The Morgan fingerprint density at radius 3 is 1.73 bits per heavy atom. The highest BCUT2D eigenvalue weighted by Crippen LogP contribution is 2.05. The van der Waals surface area contributed by atoms with Crippen LogP contribution in [0.3, 0.4) is 0 Å². The molecule has 4 nitrogen and oxygen atoms in total. The van der Waals surface area contributed by atoms with Gasteiger partial charge in [0.1, 0.15) is 12.2 Å². The van der Waals surface area contributed by atoms with Crippen molar-refractivity contribution >= 4 is 0 Å². The van der Waals surface area contributed by atoms with Gasteiger partial charge in [-0.3, -0.25) is 0 Å². The maximum Gasteiger partial charge on any atom is 0.109 e. The predicted molar refractivity (Wildman–Crippen MR) is 59.2 cm³/mol. The summed E-state index contributed by atoms with van der Waals surface area (Å²) < 4.78 is 21.6. The minimum absolute atomic E-state index is 0.0495. The van der Waals surface area contributed by atoms with E-state index in [2.05, 4.69) is 0 Å². The van der Waals surface area contributed by atoms with Crippen molar-refractivity contribution in [2.24, 2.45) is 0 Å². The predicted octanol–water partition coefficient (Wildman–Crippen LogP) is 1.48. The molecule has 0 aromatic carbocycles. The fourth-order valence-electron chi connectivity index (χ4n) is 1.27. The van der Waals surface area contributed by atoms with Crippen molar-refractivity contribution in [3.8, 4) is 0 Å². The molecule has 0 aromatic rings. The van der Waals surface area contributed by atoms with Crippen molar-refractivity contribution in [1.82, 2.24) is 0 Å². The molecule has 0 aliphatic rings. The minimum atomic E-state index is -0.0588. The highest BCUT2D eigenvalue weighted by Gasteiger charge is 2.21. The lowest BCUT2D eigenvalue weighted by Gasteiger charge is -2.25. The number of hydrogen-bond acceptors (Lipinski definition) is 4. The summed E-state index contributed by atoms with van der Waals surface area (Å²) in [6.07, 6.45) is -0.108. The quantitative estimate of drug-likeness (QED) is 0.559. The van der Waals surface area contributed by atoms with Crippen LogP contribution in [0.25, 0.3) is 0 Å². The summed E-state index contributed by atoms with van der Waals surface area (Å²) in [7, 11) is 1.67. The van der Waals surface area contributed by atoms with Crippen molar-refractivity contribution in [3.63, 3.8) is 0 Å². The van der Waals surface area contributed by atoms with E-state index in [-0.39, 0.29) is 12.2 Å². The van der Waals surface area contributed by atoms with Gasteiger partial charge in [-0.15, -0.1) is 0 Å².